The third-order valence-electron chi connectivity index (χ3n) is 3.52. The van der Waals surface area contributed by atoms with Crippen LogP contribution < -0.4 is 4.74 Å². The van der Waals surface area contributed by atoms with E-state index in [4.69, 9.17) is 9.47 Å². The minimum atomic E-state index is -0.477. The molecule has 1 saturated heterocycles. The van der Waals surface area contributed by atoms with E-state index in [1.807, 2.05) is 30.3 Å². The molecule has 0 amide bonds. The molecule has 1 fully saturated rings. The number of rotatable bonds is 4. The molecule has 2 heterocycles. The number of nitrogens with zero attached hydrogens (tertiary/aromatic N) is 1. The summed E-state index contributed by atoms with van der Waals surface area (Å²) >= 11 is 0. The third-order valence-corrected chi connectivity index (χ3v) is 3.52. The van der Waals surface area contributed by atoms with E-state index < -0.39 is 6.10 Å². The highest BCUT2D eigenvalue weighted by Gasteiger charge is 2.24. The van der Waals surface area contributed by atoms with Crippen LogP contribution in [0.1, 0.15) is 6.42 Å². The van der Waals surface area contributed by atoms with Crippen LogP contribution in [-0.4, -0.2) is 36.0 Å². The molecule has 0 saturated carbocycles. The van der Waals surface area contributed by atoms with Gasteiger partial charge in [0, 0.05) is 24.1 Å². The number of aromatic nitrogens is 1. The monoisotopic (exact) mass is 259 g/mol. The Morgan fingerprint density at radius 2 is 2.32 bits per heavy atom. The summed E-state index contributed by atoms with van der Waals surface area (Å²) in [4.78, 5) is 4.28. The second-order valence-corrected chi connectivity index (χ2v) is 4.83. The van der Waals surface area contributed by atoms with Crippen LogP contribution in [0.3, 0.4) is 0 Å². The smallest absolute Gasteiger partial charge is 0.128 e. The number of benzene rings is 1. The van der Waals surface area contributed by atoms with Gasteiger partial charge in [0.05, 0.1) is 18.2 Å². The lowest BCUT2D eigenvalue weighted by Crippen LogP contribution is -2.27. The Labute approximate surface area is 112 Å². The minimum absolute atomic E-state index is 0.188. The van der Waals surface area contributed by atoms with E-state index in [-0.39, 0.29) is 5.92 Å². The summed E-state index contributed by atoms with van der Waals surface area (Å²) in [5.41, 5.74) is 0.902. The van der Waals surface area contributed by atoms with Crippen molar-refractivity contribution in [1.82, 2.24) is 4.98 Å². The number of aliphatic hydroxyl groups excluding tert-OH is 1. The molecule has 0 aliphatic carbocycles. The maximum absolute atomic E-state index is 10.1. The van der Waals surface area contributed by atoms with Gasteiger partial charge in [-0.05, 0) is 30.7 Å². The summed E-state index contributed by atoms with van der Waals surface area (Å²) in [6.07, 6.45) is 2.19. The molecule has 0 spiro atoms. The maximum Gasteiger partial charge on any atom is 0.128 e. The molecule has 2 atom stereocenters. The molecule has 1 aromatic carbocycles. The van der Waals surface area contributed by atoms with Crippen molar-refractivity contribution in [1.29, 1.82) is 0 Å². The molecular formula is C15H17NO3. The topological polar surface area (TPSA) is 51.6 Å². The predicted molar refractivity (Wildman–Crippen MR) is 72.2 cm³/mol. The van der Waals surface area contributed by atoms with Crippen LogP contribution >= 0.6 is 0 Å². The van der Waals surface area contributed by atoms with Gasteiger partial charge in [0.25, 0.3) is 0 Å². The number of pyridine rings is 1. The standard InChI is InChI=1S/C15H17NO3/c17-14(11-6-8-18-9-11)10-19-15-5-1-4-13-12(15)3-2-7-16-13/h1-5,7,11,14,17H,6,8-10H2. The first-order chi connectivity index (χ1) is 9.34. The second-order valence-electron chi connectivity index (χ2n) is 4.83. The molecule has 2 aromatic rings. The van der Waals surface area contributed by atoms with Crippen molar-refractivity contribution in [2.75, 3.05) is 19.8 Å². The zero-order valence-electron chi connectivity index (χ0n) is 10.7. The van der Waals surface area contributed by atoms with Gasteiger partial charge in [0.2, 0.25) is 0 Å². The van der Waals surface area contributed by atoms with Gasteiger partial charge in [0.15, 0.2) is 0 Å². The van der Waals surface area contributed by atoms with Crippen LogP contribution in [-0.2, 0) is 4.74 Å². The Morgan fingerprint density at radius 1 is 1.37 bits per heavy atom. The van der Waals surface area contributed by atoms with Crippen molar-refractivity contribution in [3.05, 3.63) is 36.5 Å². The average molecular weight is 259 g/mol. The van der Waals surface area contributed by atoms with Crippen molar-refractivity contribution in [2.24, 2.45) is 5.92 Å². The molecule has 4 heteroatoms. The van der Waals surface area contributed by atoms with Crippen LogP contribution in [0.5, 0.6) is 5.75 Å². The molecular weight excluding hydrogens is 242 g/mol. The van der Waals surface area contributed by atoms with Gasteiger partial charge >= 0.3 is 0 Å². The van der Waals surface area contributed by atoms with Crippen LogP contribution in [0.15, 0.2) is 36.5 Å². The van der Waals surface area contributed by atoms with E-state index in [0.29, 0.717) is 13.2 Å². The Bertz CT molecular complexity index is 547. The van der Waals surface area contributed by atoms with Crippen molar-refractivity contribution in [3.8, 4) is 5.75 Å². The van der Waals surface area contributed by atoms with Crippen molar-refractivity contribution in [3.63, 3.8) is 0 Å². The fourth-order valence-electron chi connectivity index (χ4n) is 2.37. The average Bonchev–Trinajstić information content (AvgIpc) is 2.99. The van der Waals surface area contributed by atoms with Crippen molar-refractivity contribution in [2.45, 2.75) is 12.5 Å². The third kappa shape index (κ3) is 2.69. The molecule has 1 aromatic heterocycles. The number of ether oxygens (including phenoxy) is 2. The Hall–Kier alpha value is -1.65. The Kier molecular flexibility index (Phi) is 3.62. The summed E-state index contributed by atoms with van der Waals surface area (Å²) < 4.78 is 11.0. The van der Waals surface area contributed by atoms with E-state index >= 15 is 0 Å². The lowest BCUT2D eigenvalue weighted by atomic mass is 10.0. The van der Waals surface area contributed by atoms with Gasteiger partial charge in [-0.15, -0.1) is 0 Å². The Balaban J connectivity index is 1.71. The largest absolute Gasteiger partial charge is 0.490 e. The summed E-state index contributed by atoms with van der Waals surface area (Å²) in [6, 6.07) is 9.63. The molecule has 1 aliphatic rings. The first-order valence-corrected chi connectivity index (χ1v) is 6.57. The minimum Gasteiger partial charge on any atom is -0.490 e. The van der Waals surface area contributed by atoms with Crippen LogP contribution in [0.25, 0.3) is 10.9 Å². The second kappa shape index (κ2) is 5.55. The van der Waals surface area contributed by atoms with Crippen LogP contribution in [0, 0.1) is 5.92 Å². The van der Waals surface area contributed by atoms with E-state index in [2.05, 4.69) is 4.98 Å². The highest BCUT2D eigenvalue weighted by atomic mass is 16.5. The molecule has 1 N–H and O–H groups in total. The van der Waals surface area contributed by atoms with Crippen molar-refractivity contribution >= 4 is 10.9 Å². The molecule has 1 aliphatic heterocycles. The Morgan fingerprint density at radius 3 is 3.16 bits per heavy atom. The highest BCUT2D eigenvalue weighted by molar-refractivity contribution is 5.84. The molecule has 19 heavy (non-hydrogen) atoms. The number of hydrogen-bond donors (Lipinski definition) is 1. The fraction of sp³-hybridized carbons (Fsp3) is 0.400. The molecule has 100 valence electrons. The molecule has 0 bridgehead atoms. The quantitative estimate of drug-likeness (QED) is 0.912. The van der Waals surface area contributed by atoms with Gasteiger partial charge in [0.1, 0.15) is 12.4 Å². The number of aliphatic hydroxyl groups is 1. The fourth-order valence-corrected chi connectivity index (χ4v) is 2.37. The SMILES string of the molecule is OC(COc1cccc2ncccc12)C1CCOC1. The maximum atomic E-state index is 10.1. The molecule has 2 unspecified atom stereocenters. The predicted octanol–water partition coefficient (Wildman–Crippen LogP) is 2.01. The van der Waals surface area contributed by atoms with E-state index in [1.54, 1.807) is 6.20 Å². The molecule has 4 nitrogen and oxygen atoms in total. The normalized spacial score (nSPS) is 20.6. The van der Waals surface area contributed by atoms with Crippen LogP contribution in [0.4, 0.5) is 0 Å². The number of fused-ring (bicyclic) bond motifs is 1. The van der Waals surface area contributed by atoms with E-state index in [0.717, 1.165) is 29.7 Å². The lowest BCUT2D eigenvalue weighted by Gasteiger charge is -2.17. The van der Waals surface area contributed by atoms with Gasteiger partial charge in [-0.1, -0.05) is 6.07 Å². The van der Waals surface area contributed by atoms with Gasteiger partial charge in [-0.25, -0.2) is 0 Å². The molecule has 0 radical (unpaired) electrons. The van der Waals surface area contributed by atoms with Gasteiger partial charge in [-0.2, -0.15) is 0 Å². The summed E-state index contributed by atoms with van der Waals surface area (Å²) in [6.45, 7) is 1.66. The zero-order valence-corrected chi connectivity index (χ0v) is 10.7. The molecule has 3 rings (SSSR count). The van der Waals surface area contributed by atoms with Crippen LogP contribution in [0.2, 0.25) is 0 Å². The number of hydrogen-bond acceptors (Lipinski definition) is 4. The van der Waals surface area contributed by atoms with Gasteiger partial charge < -0.3 is 14.6 Å². The zero-order chi connectivity index (χ0) is 13.1. The van der Waals surface area contributed by atoms with E-state index in [1.165, 1.54) is 0 Å². The summed E-state index contributed by atoms with van der Waals surface area (Å²) in [5.74, 6) is 0.955. The summed E-state index contributed by atoms with van der Waals surface area (Å²) in [5, 5.41) is 11.0. The first-order valence-electron chi connectivity index (χ1n) is 6.57. The first kappa shape index (κ1) is 12.4. The van der Waals surface area contributed by atoms with Crippen molar-refractivity contribution < 1.29 is 14.6 Å². The lowest BCUT2D eigenvalue weighted by molar-refractivity contribution is 0.0504. The summed E-state index contributed by atoms with van der Waals surface area (Å²) in [7, 11) is 0. The highest BCUT2D eigenvalue weighted by Crippen LogP contribution is 2.25. The van der Waals surface area contributed by atoms with Gasteiger partial charge in [-0.3, -0.25) is 4.98 Å². The van der Waals surface area contributed by atoms with E-state index in [9.17, 15) is 5.11 Å².